The van der Waals surface area contributed by atoms with E-state index in [2.05, 4.69) is 74.6 Å². The van der Waals surface area contributed by atoms with Gasteiger partial charge in [0, 0.05) is 12.8 Å². The second-order valence-corrected chi connectivity index (χ2v) is 13.0. The Morgan fingerprint density at radius 2 is 0.792 bits per heavy atom. The summed E-state index contributed by atoms with van der Waals surface area (Å²) in [5.74, 6) is -0.592. The highest BCUT2D eigenvalue weighted by Gasteiger charge is 2.12. The molecule has 0 saturated heterocycles. The first kappa shape index (κ1) is 45.6. The van der Waals surface area contributed by atoms with E-state index >= 15 is 0 Å². The van der Waals surface area contributed by atoms with Crippen molar-refractivity contribution in [2.24, 2.45) is 0 Å². The minimum atomic E-state index is -0.974. The number of aliphatic hydroxyl groups excluding tert-OH is 1. The summed E-state index contributed by atoms with van der Waals surface area (Å²) in [6.45, 7) is 4.14. The zero-order valence-corrected chi connectivity index (χ0v) is 31.2. The van der Waals surface area contributed by atoms with E-state index in [4.69, 9.17) is 9.47 Å². The monoisotopic (exact) mass is 671 g/mol. The van der Waals surface area contributed by atoms with Crippen LogP contribution in [0.25, 0.3) is 0 Å². The van der Waals surface area contributed by atoms with Gasteiger partial charge in [0.1, 0.15) is 19.3 Å². The van der Waals surface area contributed by atoms with Crippen LogP contribution in [0.2, 0.25) is 0 Å². The Labute approximate surface area is 296 Å². The van der Waals surface area contributed by atoms with E-state index in [0.29, 0.717) is 12.8 Å². The van der Waals surface area contributed by atoms with Gasteiger partial charge in [-0.25, -0.2) is 0 Å². The predicted molar refractivity (Wildman–Crippen MR) is 205 cm³/mol. The van der Waals surface area contributed by atoms with E-state index in [-0.39, 0.29) is 25.2 Å². The number of aliphatic hydroxyl groups is 1. The Kier molecular flexibility index (Phi) is 37.1. The topological polar surface area (TPSA) is 72.8 Å². The molecule has 0 aliphatic heterocycles. The van der Waals surface area contributed by atoms with Crippen LogP contribution in [0.15, 0.2) is 60.8 Å². The van der Waals surface area contributed by atoms with Crippen LogP contribution >= 0.6 is 0 Å². The van der Waals surface area contributed by atoms with Crippen molar-refractivity contribution in [3.8, 4) is 0 Å². The van der Waals surface area contributed by atoms with Gasteiger partial charge in [-0.15, -0.1) is 0 Å². The molecule has 276 valence electrons. The van der Waals surface area contributed by atoms with E-state index in [9.17, 15) is 14.7 Å². The summed E-state index contributed by atoms with van der Waals surface area (Å²) in [6, 6.07) is 0. The molecule has 0 aliphatic carbocycles. The summed E-state index contributed by atoms with van der Waals surface area (Å²) >= 11 is 0. The normalized spacial score (nSPS) is 12.8. The van der Waals surface area contributed by atoms with Crippen LogP contribution in [0.3, 0.4) is 0 Å². The minimum absolute atomic E-state index is 0.126. The van der Waals surface area contributed by atoms with Gasteiger partial charge in [-0.05, 0) is 77.0 Å². The Balaban J connectivity index is 3.47. The van der Waals surface area contributed by atoms with Crippen molar-refractivity contribution in [1.82, 2.24) is 0 Å². The second-order valence-electron chi connectivity index (χ2n) is 13.0. The maximum atomic E-state index is 12.0. The highest BCUT2D eigenvalue weighted by Crippen LogP contribution is 2.13. The van der Waals surface area contributed by atoms with Crippen molar-refractivity contribution >= 4 is 11.9 Å². The fraction of sp³-hybridized carbons (Fsp3) is 0.721. The predicted octanol–water partition coefficient (Wildman–Crippen LogP) is 12.4. The SMILES string of the molecule is CC/C=C\C/C=C\C/C=C\CCCCCCCC(=O)OC[C@H](O)COC(=O)CCCCCCCCCCC/C=C\C/C=C\CCCCC. The third-order valence-corrected chi connectivity index (χ3v) is 8.24. The Hall–Kier alpha value is -2.40. The number of allylic oxidation sites excluding steroid dienone is 10. The van der Waals surface area contributed by atoms with Crippen molar-refractivity contribution in [3.63, 3.8) is 0 Å². The largest absolute Gasteiger partial charge is 0.463 e. The van der Waals surface area contributed by atoms with E-state index in [0.717, 1.165) is 77.0 Å². The third kappa shape index (κ3) is 38.1. The number of hydrogen-bond acceptors (Lipinski definition) is 5. The van der Waals surface area contributed by atoms with Gasteiger partial charge in [0.05, 0.1) is 0 Å². The fourth-order valence-corrected chi connectivity index (χ4v) is 5.25. The number of rotatable bonds is 35. The number of carbonyl (C=O) groups excluding carboxylic acids is 2. The molecule has 0 rings (SSSR count). The summed E-state index contributed by atoms with van der Waals surface area (Å²) in [4.78, 5) is 23.9. The van der Waals surface area contributed by atoms with Gasteiger partial charge in [0.15, 0.2) is 0 Å². The number of ether oxygens (including phenoxy) is 2. The lowest BCUT2D eigenvalue weighted by molar-refractivity contribution is -0.152. The lowest BCUT2D eigenvalue weighted by atomic mass is 10.1. The van der Waals surface area contributed by atoms with Crippen molar-refractivity contribution < 1.29 is 24.2 Å². The van der Waals surface area contributed by atoms with Crippen LogP contribution in [0.5, 0.6) is 0 Å². The molecule has 48 heavy (non-hydrogen) atoms. The van der Waals surface area contributed by atoms with Crippen molar-refractivity contribution in [2.75, 3.05) is 13.2 Å². The number of esters is 2. The molecule has 0 aliphatic rings. The molecule has 0 saturated carbocycles. The van der Waals surface area contributed by atoms with E-state index in [1.807, 2.05) is 0 Å². The fourth-order valence-electron chi connectivity index (χ4n) is 5.25. The van der Waals surface area contributed by atoms with Gasteiger partial charge in [-0.1, -0.05) is 152 Å². The average Bonchev–Trinajstić information content (AvgIpc) is 3.09. The van der Waals surface area contributed by atoms with Crippen molar-refractivity contribution in [2.45, 2.75) is 187 Å². The first-order chi connectivity index (χ1) is 23.6. The smallest absolute Gasteiger partial charge is 0.305 e. The van der Waals surface area contributed by atoms with Gasteiger partial charge >= 0.3 is 11.9 Å². The van der Waals surface area contributed by atoms with Gasteiger partial charge in [-0.2, -0.15) is 0 Å². The van der Waals surface area contributed by atoms with E-state index in [1.165, 1.54) is 77.0 Å². The molecule has 0 unspecified atom stereocenters. The lowest BCUT2D eigenvalue weighted by Gasteiger charge is -2.12. The van der Waals surface area contributed by atoms with Crippen LogP contribution in [-0.2, 0) is 19.1 Å². The van der Waals surface area contributed by atoms with Crippen LogP contribution < -0.4 is 0 Å². The molecule has 0 heterocycles. The molecular weight excluding hydrogens is 596 g/mol. The molecule has 1 N–H and O–H groups in total. The van der Waals surface area contributed by atoms with Crippen LogP contribution in [0.1, 0.15) is 181 Å². The molecular formula is C43H74O5. The molecule has 0 bridgehead atoms. The van der Waals surface area contributed by atoms with Crippen LogP contribution in [-0.4, -0.2) is 36.4 Å². The molecule has 1 atom stereocenters. The lowest BCUT2D eigenvalue weighted by Crippen LogP contribution is -2.25. The number of unbranched alkanes of at least 4 members (excludes halogenated alkanes) is 17. The quantitative estimate of drug-likeness (QED) is 0.0413. The molecule has 0 spiro atoms. The molecule has 0 aromatic rings. The molecule has 0 radical (unpaired) electrons. The van der Waals surface area contributed by atoms with Gasteiger partial charge < -0.3 is 14.6 Å². The minimum Gasteiger partial charge on any atom is -0.463 e. The maximum absolute atomic E-state index is 12.0. The standard InChI is InChI=1S/C43H74O5/c1-3-5-7-9-11-13-15-17-19-20-21-22-24-26-28-30-32-34-36-38-43(46)48-40-41(44)39-47-42(45)37-35-33-31-29-27-25-23-18-16-14-12-10-8-6-4-2/h6,8,11-14,17-19,23,41,44H,3-5,7,9-10,15-16,20-22,24-40H2,1-2H3/b8-6-,13-11-,14-12-,19-17-,23-18-/t41-/m0/s1. The molecule has 0 amide bonds. The van der Waals surface area contributed by atoms with E-state index < -0.39 is 6.10 Å². The molecule has 5 heteroatoms. The maximum Gasteiger partial charge on any atom is 0.305 e. The summed E-state index contributed by atoms with van der Waals surface area (Å²) in [7, 11) is 0. The zero-order chi connectivity index (χ0) is 35.0. The number of hydrogen-bond donors (Lipinski definition) is 1. The Bertz CT molecular complexity index is 853. The molecule has 0 fully saturated rings. The summed E-state index contributed by atoms with van der Waals surface area (Å²) in [5.41, 5.74) is 0. The van der Waals surface area contributed by atoms with E-state index in [1.54, 1.807) is 0 Å². The third-order valence-electron chi connectivity index (χ3n) is 8.24. The Morgan fingerprint density at radius 1 is 0.458 bits per heavy atom. The molecule has 5 nitrogen and oxygen atoms in total. The van der Waals surface area contributed by atoms with Gasteiger partial charge in [-0.3, -0.25) is 9.59 Å². The molecule has 0 aromatic carbocycles. The summed E-state index contributed by atoms with van der Waals surface area (Å²) in [6.07, 6.45) is 49.9. The van der Waals surface area contributed by atoms with Gasteiger partial charge in [0.25, 0.3) is 0 Å². The van der Waals surface area contributed by atoms with Crippen LogP contribution in [0, 0.1) is 0 Å². The van der Waals surface area contributed by atoms with Gasteiger partial charge in [0.2, 0.25) is 0 Å². The zero-order valence-electron chi connectivity index (χ0n) is 31.2. The highest BCUT2D eigenvalue weighted by atomic mass is 16.6. The highest BCUT2D eigenvalue weighted by molar-refractivity contribution is 5.69. The van der Waals surface area contributed by atoms with Crippen molar-refractivity contribution in [1.29, 1.82) is 0 Å². The Morgan fingerprint density at radius 3 is 1.19 bits per heavy atom. The summed E-state index contributed by atoms with van der Waals surface area (Å²) in [5, 5.41) is 10.0. The average molecular weight is 671 g/mol. The summed E-state index contributed by atoms with van der Waals surface area (Å²) < 4.78 is 10.3. The number of carbonyl (C=O) groups is 2. The first-order valence-corrected chi connectivity index (χ1v) is 19.8. The second kappa shape index (κ2) is 39.0. The van der Waals surface area contributed by atoms with Crippen molar-refractivity contribution in [3.05, 3.63) is 60.8 Å². The first-order valence-electron chi connectivity index (χ1n) is 19.8. The molecule has 0 aromatic heterocycles. The van der Waals surface area contributed by atoms with Crippen LogP contribution in [0.4, 0.5) is 0 Å².